The zero-order valence-corrected chi connectivity index (χ0v) is 20.1. The fraction of sp³-hybridized carbons (Fsp3) is 0.231. The van der Waals surface area contributed by atoms with Gasteiger partial charge in [-0.05, 0) is 54.4 Å². The Morgan fingerprint density at radius 3 is 2.57 bits per heavy atom. The van der Waals surface area contributed by atoms with E-state index in [1.54, 1.807) is 48.5 Å². The number of carbonyl (C=O) groups excluding carboxylic acids is 2. The molecule has 0 saturated heterocycles. The molecule has 4 rings (SSSR count). The first kappa shape index (κ1) is 25.5. The van der Waals surface area contributed by atoms with Crippen LogP contribution in [-0.4, -0.2) is 47.5 Å². The number of benzene rings is 2. The van der Waals surface area contributed by atoms with Crippen LogP contribution in [0.2, 0.25) is 0 Å². The van der Waals surface area contributed by atoms with E-state index in [0.29, 0.717) is 29.1 Å². The Bertz CT molecular complexity index is 1290. The quantitative estimate of drug-likeness (QED) is 0.431. The van der Waals surface area contributed by atoms with Gasteiger partial charge in [0.25, 0.3) is 5.91 Å². The molecule has 0 radical (unpaired) electrons. The second-order valence-electron chi connectivity index (χ2n) is 7.93. The Morgan fingerprint density at radius 1 is 1.14 bits per heavy atom. The van der Waals surface area contributed by atoms with E-state index in [4.69, 9.17) is 9.47 Å². The average Bonchev–Trinajstić information content (AvgIpc) is 2.91. The molecule has 1 aliphatic heterocycles. The number of methoxy groups -OCH3 is 1. The van der Waals surface area contributed by atoms with Crippen molar-refractivity contribution in [1.82, 2.24) is 9.99 Å². The zero-order chi connectivity index (χ0) is 26.4. The number of carbonyl (C=O) groups is 2. The zero-order valence-electron chi connectivity index (χ0n) is 20.1. The number of pyridine rings is 1. The number of hydrazone groups is 1. The maximum atomic E-state index is 12.7. The summed E-state index contributed by atoms with van der Waals surface area (Å²) in [6.07, 6.45) is 0.753. The number of anilines is 1. The van der Waals surface area contributed by atoms with Crippen molar-refractivity contribution in [3.05, 3.63) is 83.7 Å². The molecule has 192 valence electrons. The molecule has 11 heteroatoms. The summed E-state index contributed by atoms with van der Waals surface area (Å²) in [6, 6.07) is 16.4. The van der Waals surface area contributed by atoms with Gasteiger partial charge in [-0.2, -0.15) is 18.9 Å². The van der Waals surface area contributed by atoms with Gasteiger partial charge in [-0.3, -0.25) is 9.78 Å². The summed E-state index contributed by atoms with van der Waals surface area (Å²) in [6.45, 7) is -1.05. The molecule has 2 aromatic carbocycles. The lowest BCUT2D eigenvalue weighted by Crippen LogP contribution is -2.41. The van der Waals surface area contributed by atoms with Gasteiger partial charge >= 0.3 is 12.7 Å². The minimum absolute atomic E-state index is 0.0992. The van der Waals surface area contributed by atoms with Crippen LogP contribution in [0.3, 0.4) is 0 Å². The Morgan fingerprint density at radius 2 is 1.92 bits per heavy atom. The smallest absolute Gasteiger partial charge is 0.431 e. The average molecular weight is 510 g/mol. The van der Waals surface area contributed by atoms with E-state index in [9.17, 15) is 18.4 Å². The van der Waals surface area contributed by atoms with E-state index in [1.165, 1.54) is 30.4 Å². The monoisotopic (exact) mass is 510 g/mol. The molecule has 1 unspecified atom stereocenters. The summed E-state index contributed by atoms with van der Waals surface area (Å²) >= 11 is 0. The normalized spacial score (nSPS) is 15.2. The van der Waals surface area contributed by atoms with Gasteiger partial charge in [-0.15, -0.1) is 0 Å². The van der Waals surface area contributed by atoms with Crippen LogP contribution in [0.25, 0.3) is 0 Å². The molecular weight excluding hydrogens is 486 g/mol. The molecule has 0 spiro atoms. The summed E-state index contributed by atoms with van der Waals surface area (Å²) in [5.41, 5.74) is 2.58. The van der Waals surface area contributed by atoms with Crippen molar-refractivity contribution in [3.63, 3.8) is 0 Å². The van der Waals surface area contributed by atoms with Crippen molar-refractivity contribution in [2.75, 3.05) is 12.4 Å². The second kappa shape index (κ2) is 11.5. The van der Waals surface area contributed by atoms with Crippen LogP contribution in [0, 0.1) is 0 Å². The van der Waals surface area contributed by atoms with Crippen LogP contribution in [0.4, 0.5) is 19.3 Å². The highest BCUT2D eigenvalue weighted by molar-refractivity contribution is 6.06. The lowest BCUT2D eigenvalue weighted by atomic mass is 10.0. The standard InChI is InChI=1S/C26H24F2N4O5/c1-3-20-23(17-9-12-21(36-25(27)28)22(14-17)35-2)31-32(26(34)37-20)15-16-7-10-18(11-8-16)30-24(33)19-6-4-5-13-29-19/h4-14,20,25H,3,15H2,1-2H3,(H,30,33). The van der Waals surface area contributed by atoms with Gasteiger partial charge in [0.2, 0.25) is 0 Å². The molecule has 0 aliphatic carbocycles. The lowest BCUT2D eigenvalue weighted by Gasteiger charge is -2.29. The van der Waals surface area contributed by atoms with Gasteiger partial charge in [0.05, 0.1) is 13.7 Å². The Hall–Kier alpha value is -4.54. The molecule has 0 fully saturated rings. The summed E-state index contributed by atoms with van der Waals surface area (Å²) < 4.78 is 40.6. The van der Waals surface area contributed by atoms with E-state index in [2.05, 4.69) is 20.1 Å². The fourth-order valence-electron chi connectivity index (χ4n) is 3.67. The highest BCUT2D eigenvalue weighted by atomic mass is 19.3. The number of aromatic nitrogens is 1. The van der Waals surface area contributed by atoms with Crippen LogP contribution >= 0.6 is 0 Å². The first-order valence-corrected chi connectivity index (χ1v) is 11.4. The highest BCUT2D eigenvalue weighted by Crippen LogP contribution is 2.31. The number of hydrogen-bond donors (Lipinski definition) is 1. The molecule has 2 heterocycles. The molecular formula is C26H24F2N4O5. The lowest BCUT2D eigenvalue weighted by molar-refractivity contribution is -0.0512. The maximum absolute atomic E-state index is 12.7. The molecule has 2 amide bonds. The third-order valence-electron chi connectivity index (χ3n) is 5.48. The van der Waals surface area contributed by atoms with E-state index in [1.807, 2.05) is 6.92 Å². The first-order chi connectivity index (χ1) is 17.9. The van der Waals surface area contributed by atoms with Crippen LogP contribution in [0.1, 0.15) is 35.0 Å². The third-order valence-corrected chi connectivity index (χ3v) is 5.48. The maximum Gasteiger partial charge on any atom is 0.431 e. The largest absolute Gasteiger partial charge is 0.493 e. The third kappa shape index (κ3) is 6.18. The molecule has 37 heavy (non-hydrogen) atoms. The highest BCUT2D eigenvalue weighted by Gasteiger charge is 2.31. The minimum atomic E-state index is -3.00. The topological polar surface area (TPSA) is 102 Å². The van der Waals surface area contributed by atoms with Gasteiger partial charge in [0.1, 0.15) is 17.5 Å². The van der Waals surface area contributed by atoms with E-state index >= 15 is 0 Å². The van der Waals surface area contributed by atoms with Crippen molar-refractivity contribution < 1.29 is 32.6 Å². The van der Waals surface area contributed by atoms with Crippen LogP contribution in [0.15, 0.2) is 72.0 Å². The molecule has 1 aliphatic rings. The van der Waals surface area contributed by atoms with E-state index < -0.39 is 18.8 Å². The summed E-state index contributed by atoms with van der Waals surface area (Å²) in [7, 11) is 1.34. The number of nitrogens with one attached hydrogen (secondary N) is 1. The van der Waals surface area contributed by atoms with Crippen molar-refractivity contribution in [3.8, 4) is 11.5 Å². The van der Waals surface area contributed by atoms with Crippen LogP contribution in [-0.2, 0) is 11.3 Å². The van der Waals surface area contributed by atoms with Crippen LogP contribution < -0.4 is 14.8 Å². The molecule has 0 bridgehead atoms. The number of alkyl halides is 2. The van der Waals surface area contributed by atoms with Crippen molar-refractivity contribution in [2.24, 2.45) is 5.10 Å². The second-order valence-corrected chi connectivity index (χ2v) is 7.93. The Kier molecular flexibility index (Phi) is 7.92. The number of rotatable bonds is 9. The number of hydrogen-bond acceptors (Lipinski definition) is 7. The van der Waals surface area contributed by atoms with E-state index in [-0.39, 0.29) is 24.0 Å². The van der Waals surface area contributed by atoms with Gasteiger partial charge in [0.15, 0.2) is 11.5 Å². The molecule has 0 saturated carbocycles. The fourth-order valence-corrected chi connectivity index (χ4v) is 3.67. The van der Waals surface area contributed by atoms with Crippen molar-refractivity contribution in [1.29, 1.82) is 0 Å². The first-order valence-electron chi connectivity index (χ1n) is 11.4. The van der Waals surface area contributed by atoms with Gasteiger partial charge in [-0.25, -0.2) is 4.79 Å². The Balaban J connectivity index is 1.52. The van der Waals surface area contributed by atoms with Gasteiger partial charge < -0.3 is 19.5 Å². The number of halogens is 2. The number of nitrogens with zero attached hydrogens (tertiary/aromatic N) is 3. The predicted octanol–water partition coefficient (Wildman–Crippen LogP) is 5.08. The van der Waals surface area contributed by atoms with E-state index in [0.717, 1.165) is 5.56 Å². The molecule has 1 aromatic heterocycles. The van der Waals surface area contributed by atoms with Crippen LogP contribution in [0.5, 0.6) is 11.5 Å². The van der Waals surface area contributed by atoms with Gasteiger partial charge in [0, 0.05) is 17.4 Å². The number of cyclic esters (lactones) is 1. The molecule has 1 atom stereocenters. The summed E-state index contributed by atoms with van der Waals surface area (Å²) in [4.78, 5) is 28.9. The summed E-state index contributed by atoms with van der Waals surface area (Å²) in [5.74, 6) is -0.356. The molecule has 1 N–H and O–H groups in total. The minimum Gasteiger partial charge on any atom is -0.493 e. The Labute approximate surface area is 211 Å². The number of ether oxygens (including phenoxy) is 3. The predicted molar refractivity (Wildman–Crippen MR) is 131 cm³/mol. The van der Waals surface area contributed by atoms with Crippen molar-refractivity contribution in [2.45, 2.75) is 32.6 Å². The molecule has 9 nitrogen and oxygen atoms in total. The molecule has 3 aromatic rings. The number of amides is 2. The summed E-state index contributed by atoms with van der Waals surface area (Å²) in [5, 5.41) is 8.45. The van der Waals surface area contributed by atoms with Crippen molar-refractivity contribution >= 4 is 23.4 Å². The SMILES string of the molecule is CCC1OC(=O)N(Cc2ccc(NC(=O)c3ccccn3)cc2)N=C1c1ccc(OC(F)F)c(OC)c1. The van der Waals surface area contributed by atoms with Gasteiger partial charge in [-0.1, -0.05) is 25.1 Å².